The molecule has 188 valence electrons. The summed E-state index contributed by atoms with van der Waals surface area (Å²) in [4.78, 5) is 11.1. The molecular weight excluding hydrogens is 406 g/mol. The van der Waals surface area contributed by atoms with Crippen molar-refractivity contribution < 1.29 is 20.1 Å². The van der Waals surface area contributed by atoms with E-state index < -0.39 is 5.97 Å². The number of aliphatic hydroxyl groups is 2. The fraction of sp³-hybridized carbons (Fsp3) is 0.880. The Morgan fingerprint density at radius 2 is 1.81 bits per heavy atom. The van der Waals surface area contributed by atoms with E-state index in [1.165, 1.54) is 31.3 Å². The first kappa shape index (κ1) is 29.0. The molecule has 0 aromatic carbocycles. The highest BCUT2D eigenvalue weighted by Gasteiger charge is 2.56. The number of fused-ring (bicyclic) bond motifs is 1. The SMILES string of the molecule is C=C1CCC2[C@@H](CNCCN(C)C)C([C@@]3(C)CC[C@H](O)C[C@@H]3O)CC[C@@]12C.CC(=O)[O-].[NH4+]. The molecule has 3 aliphatic rings. The van der Waals surface area contributed by atoms with Gasteiger partial charge in [-0.05, 0) is 101 Å². The summed E-state index contributed by atoms with van der Waals surface area (Å²) in [5.74, 6) is 0.697. The van der Waals surface area contributed by atoms with Gasteiger partial charge in [0.15, 0.2) is 0 Å². The molecule has 3 aliphatic carbocycles. The number of carboxylic acids is 1. The van der Waals surface area contributed by atoms with E-state index in [-0.39, 0.29) is 29.2 Å². The molecule has 3 rings (SSSR count). The van der Waals surface area contributed by atoms with Gasteiger partial charge >= 0.3 is 0 Å². The number of allylic oxidation sites excluding steroid dienone is 1. The predicted molar refractivity (Wildman–Crippen MR) is 128 cm³/mol. The first-order valence-electron chi connectivity index (χ1n) is 12.0. The summed E-state index contributed by atoms with van der Waals surface area (Å²) in [6, 6.07) is 0. The topological polar surface area (TPSA) is 132 Å². The Balaban J connectivity index is 0.000000945. The lowest BCUT2D eigenvalue weighted by Crippen LogP contribution is -2.54. The number of aliphatic hydroxyl groups excluding tert-OH is 2. The summed E-state index contributed by atoms with van der Waals surface area (Å²) in [7, 11) is 4.24. The molecule has 7 atom stereocenters. The number of carboxylic acid groups (broad SMARTS) is 1. The Labute approximate surface area is 195 Å². The van der Waals surface area contributed by atoms with E-state index in [0.717, 1.165) is 39.4 Å². The van der Waals surface area contributed by atoms with Gasteiger partial charge < -0.3 is 36.5 Å². The molecule has 7 N–H and O–H groups in total. The highest BCUT2D eigenvalue weighted by Crippen LogP contribution is 2.62. The third kappa shape index (κ3) is 6.54. The van der Waals surface area contributed by atoms with Crippen LogP contribution in [0.1, 0.15) is 65.7 Å². The normalized spacial score (nSPS) is 39.0. The molecule has 0 amide bonds. The highest BCUT2D eigenvalue weighted by molar-refractivity contribution is 5.60. The van der Waals surface area contributed by atoms with Gasteiger partial charge in [0.2, 0.25) is 0 Å². The number of likely N-dealkylation sites (N-methyl/N-ethyl adjacent to an activating group) is 1. The van der Waals surface area contributed by atoms with Gasteiger partial charge in [-0.1, -0.05) is 26.0 Å². The van der Waals surface area contributed by atoms with Crippen LogP contribution in [0.4, 0.5) is 0 Å². The van der Waals surface area contributed by atoms with Crippen LogP contribution in [0, 0.1) is 28.6 Å². The molecule has 0 aromatic rings. The Bertz CT molecular complexity index is 624. The van der Waals surface area contributed by atoms with Crippen LogP contribution in [0.3, 0.4) is 0 Å². The summed E-state index contributed by atoms with van der Waals surface area (Å²) in [5, 5.41) is 33.6. The number of carbonyl (C=O) groups is 1. The highest BCUT2D eigenvalue weighted by atomic mass is 16.4. The molecule has 7 heteroatoms. The van der Waals surface area contributed by atoms with Crippen molar-refractivity contribution in [2.75, 3.05) is 33.7 Å². The van der Waals surface area contributed by atoms with Crippen molar-refractivity contribution in [2.24, 2.45) is 28.6 Å². The Morgan fingerprint density at radius 3 is 2.38 bits per heavy atom. The minimum absolute atomic E-state index is 0. The maximum atomic E-state index is 11.0. The summed E-state index contributed by atoms with van der Waals surface area (Å²) >= 11 is 0. The molecule has 0 aromatic heterocycles. The summed E-state index contributed by atoms with van der Waals surface area (Å²) in [5.41, 5.74) is 1.66. The van der Waals surface area contributed by atoms with Crippen molar-refractivity contribution in [3.8, 4) is 0 Å². The van der Waals surface area contributed by atoms with Crippen molar-refractivity contribution >= 4 is 5.97 Å². The monoisotopic (exact) mass is 455 g/mol. The Morgan fingerprint density at radius 1 is 1.19 bits per heavy atom. The van der Waals surface area contributed by atoms with Crippen molar-refractivity contribution in [2.45, 2.75) is 77.9 Å². The molecule has 3 saturated carbocycles. The molecule has 0 radical (unpaired) electrons. The minimum Gasteiger partial charge on any atom is -0.550 e. The number of hydrogen-bond acceptors (Lipinski definition) is 6. The smallest absolute Gasteiger partial charge is 0.0621 e. The second kappa shape index (κ2) is 11.9. The van der Waals surface area contributed by atoms with Crippen LogP contribution < -0.4 is 16.6 Å². The first-order chi connectivity index (χ1) is 14.4. The van der Waals surface area contributed by atoms with Crippen LogP contribution in [-0.2, 0) is 4.79 Å². The molecule has 2 unspecified atom stereocenters. The van der Waals surface area contributed by atoms with Crippen molar-refractivity contribution in [1.29, 1.82) is 0 Å². The summed E-state index contributed by atoms with van der Waals surface area (Å²) in [6.07, 6.45) is 6.41. The fourth-order valence-electron chi connectivity index (χ4n) is 6.59. The molecule has 0 heterocycles. The first-order valence-corrected chi connectivity index (χ1v) is 12.0. The van der Waals surface area contributed by atoms with Crippen LogP contribution in [0.2, 0.25) is 0 Å². The standard InChI is InChI=1S/C23H42N2O2.C2H4O2.H3N/c1-16-6-7-19-18(15-24-12-13-25(4)5)20(9-11-22(16,19)2)23(3)10-8-17(26)14-21(23)27;1-2(3)4;/h17-21,24,26-27H,1,6-15H2,2-5H3;1H3,(H,3,4);1H3/t17-,18+,19?,20?,21-,22-,23+;;/m0../s1. The van der Waals surface area contributed by atoms with E-state index in [4.69, 9.17) is 9.90 Å². The number of nitrogens with one attached hydrogen (secondary N) is 1. The maximum Gasteiger partial charge on any atom is 0.0621 e. The van der Waals surface area contributed by atoms with Gasteiger partial charge in [0.1, 0.15) is 0 Å². The average molecular weight is 456 g/mol. The summed E-state index contributed by atoms with van der Waals surface area (Å²) in [6.45, 7) is 13.3. The average Bonchev–Trinajstić information content (AvgIpc) is 2.97. The van der Waals surface area contributed by atoms with Gasteiger partial charge in [-0.25, -0.2) is 0 Å². The van der Waals surface area contributed by atoms with E-state index in [1.807, 2.05) is 0 Å². The number of aliphatic carboxylic acids is 1. The van der Waals surface area contributed by atoms with Crippen LogP contribution in [0.25, 0.3) is 0 Å². The minimum atomic E-state index is -1.08. The largest absolute Gasteiger partial charge is 0.550 e. The molecule has 0 bridgehead atoms. The van der Waals surface area contributed by atoms with Gasteiger partial charge in [0, 0.05) is 19.1 Å². The lowest BCUT2D eigenvalue weighted by Gasteiger charge is -2.55. The van der Waals surface area contributed by atoms with Crippen LogP contribution >= 0.6 is 0 Å². The quantitative estimate of drug-likeness (QED) is 0.358. The zero-order chi connectivity index (χ0) is 23.4. The molecule has 0 aliphatic heterocycles. The van der Waals surface area contributed by atoms with Crippen molar-refractivity contribution in [3.05, 3.63) is 12.2 Å². The van der Waals surface area contributed by atoms with Gasteiger partial charge in [-0.15, -0.1) is 0 Å². The van der Waals surface area contributed by atoms with E-state index in [9.17, 15) is 10.2 Å². The lowest BCUT2D eigenvalue weighted by atomic mass is 9.51. The third-order valence-corrected chi connectivity index (χ3v) is 8.63. The number of hydrogen-bond donors (Lipinski definition) is 4. The number of quaternary nitrogens is 1. The van der Waals surface area contributed by atoms with Gasteiger partial charge in [0.05, 0.1) is 12.2 Å². The fourth-order valence-corrected chi connectivity index (χ4v) is 6.59. The number of rotatable bonds is 6. The molecule has 7 nitrogen and oxygen atoms in total. The van der Waals surface area contributed by atoms with Gasteiger partial charge in [0.25, 0.3) is 0 Å². The Hall–Kier alpha value is -0.990. The predicted octanol–water partition coefficient (Wildman–Crippen LogP) is 2.18. The van der Waals surface area contributed by atoms with Crippen molar-refractivity contribution in [3.63, 3.8) is 0 Å². The molecular formula is C25H49N3O4. The zero-order valence-electron chi connectivity index (χ0n) is 21.3. The van der Waals surface area contributed by atoms with Crippen molar-refractivity contribution in [1.82, 2.24) is 16.4 Å². The van der Waals surface area contributed by atoms with E-state index in [0.29, 0.717) is 24.2 Å². The second-order valence-electron chi connectivity index (χ2n) is 10.9. The van der Waals surface area contributed by atoms with E-state index in [2.05, 4.69) is 44.7 Å². The maximum absolute atomic E-state index is 11.0. The number of carbonyl (C=O) groups excluding carboxylic acids is 1. The third-order valence-electron chi connectivity index (χ3n) is 8.63. The van der Waals surface area contributed by atoms with E-state index >= 15 is 0 Å². The van der Waals surface area contributed by atoms with Crippen LogP contribution in [-0.4, -0.2) is 67.0 Å². The Kier molecular flexibility index (Phi) is 10.8. The van der Waals surface area contributed by atoms with Gasteiger partial charge in [-0.3, -0.25) is 0 Å². The van der Waals surface area contributed by atoms with Crippen LogP contribution in [0.15, 0.2) is 12.2 Å². The second-order valence-corrected chi connectivity index (χ2v) is 10.9. The molecule has 32 heavy (non-hydrogen) atoms. The van der Waals surface area contributed by atoms with Gasteiger partial charge in [-0.2, -0.15) is 0 Å². The van der Waals surface area contributed by atoms with Crippen LogP contribution in [0.5, 0.6) is 0 Å². The molecule has 0 spiro atoms. The number of nitrogens with zero attached hydrogens (tertiary/aromatic N) is 1. The molecule has 3 fully saturated rings. The zero-order valence-corrected chi connectivity index (χ0v) is 21.3. The molecule has 0 saturated heterocycles. The lowest BCUT2D eigenvalue weighted by molar-refractivity contribution is -0.302. The summed E-state index contributed by atoms with van der Waals surface area (Å²) < 4.78 is 0. The van der Waals surface area contributed by atoms with E-state index in [1.54, 1.807) is 0 Å².